The van der Waals surface area contributed by atoms with E-state index in [1.54, 1.807) is 11.3 Å². The number of amides is 1. The number of nitrogens with one attached hydrogen (secondary N) is 2. The Morgan fingerprint density at radius 1 is 1.58 bits per heavy atom. The Hall–Kier alpha value is -0.910. The Morgan fingerprint density at radius 3 is 3.32 bits per heavy atom. The maximum atomic E-state index is 12.1. The van der Waals surface area contributed by atoms with E-state index in [2.05, 4.69) is 10.6 Å². The van der Waals surface area contributed by atoms with Gasteiger partial charge in [-0.15, -0.1) is 11.3 Å². The van der Waals surface area contributed by atoms with Crippen LogP contribution in [-0.4, -0.2) is 32.1 Å². The summed E-state index contributed by atoms with van der Waals surface area (Å²) in [4.78, 5) is 14.3. The molecule has 0 spiro atoms. The molecule has 0 saturated carbocycles. The molecule has 104 valence electrons. The third-order valence-corrected chi connectivity index (χ3v) is 5.04. The van der Waals surface area contributed by atoms with Gasteiger partial charge >= 0.3 is 0 Å². The summed E-state index contributed by atoms with van der Waals surface area (Å²) in [5.74, 6) is 0.653. The minimum absolute atomic E-state index is 0.0740. The molecule has 0 radical (unpaired) electrons. The maximum absolute atomic E-state index is 12.1. The zero-order chi connectivity index (χ0) is 13.1. The van der Waals surface area contributed by atoms with E-state index < -0.39 is 0 Å². The number of carbonyl (C=O) groups is 1. The summed E-state index contributed by atoms with van der Waals surface area (Å²) in [5, 5.41) is 6.44. The van der Waals surface area contributed by atoms with E-state index in [4.69, 9.17) is 4.74 Å². The standard InChI is InChI=1S/C14H20N2O2S/c17-14(16-8-10-2-1-4-15-7-10)13-6-11-9-18-5-3-12(11)19-13/h6,10,15H,1-5,7-9H2,(H,16,17). The Kier molecular flexibility index (Phi) is 4.15. The van der Waals surface area contributed by atoms with Gasteiger partial charge in [0.25, 0.3) is 5.91 Å². The van der Waals surface area contributed by atoms with Crippen molar-refractivity contribution in [3.05, 3.63) is 21.4 Å². The first-order valence-corrected chi connectivity index (χ1v) is 7.83. The lowest BCUT2D eigenvalue weighted by Gasteiger charge is -2.22. The third-order valence-electron chi connectivity index (χ3n) is 3.80. The van der Waals surface area contributed by atoms with Gasteiger partial charge in [0.05, 0.1) is 18.1 Å². The fourth-order valence-electron chi connectivity index (χ4n) is 2.68. The molecule has 1 aromatic heterocycles. The second kappa shape index (κ2) is 6.03. The van der Waals surface area contributed by atoms with Gasteiger partial charge in [0, 0.05) is 17.8 Å². The molecule has 2 aliphatic heterocycles. The Labute approximate surface area is 117 Å². The summed E-state index contributed by atoms with van der Waals surface area (Å²) in [6.07, 6.45) is 3.37. The summed E-state index contributed by atoms with van der Waals surface area (Å²) in [5.41, 5.74) is 1.20. The molecule has 1 saturated heterocycles. The van der Waals surface area contributed by atoms with Crippen LogP contribution in [0.4, 0.5) is 0 Å². The molecule has 0 aliphatic carbocycles. The molecule has 0 bridgehead atoms. The molecule has 2 aliphatic rings. The molecule has 1 amide bonds. The summed E-state index contributed by atoms with van der Waals surface area (Å²) >= 11 is 1.62. The molecule has 1 aromatic rings. The van der Waals surface area contributed by atoms with Crippen LogP contribution >= 0.6 is 11.3 Å². The van der Waals surface area contributed by atoms with Crippen molar-refractivity contribution in [1.29, 1.82) is 0 Å². The second-order valence-electron chi connectivity index (χ2n) is 5.28. The molecule has 1 fully saturated rings. The molecule has 5 heteroatoms. The predicted molar refractivity (Wildman–Crippen MR) is 75.6 cm³/mol. The third kappa shape index (κ3) is 3.16. The molecular weight excluding hydrogens is 260 g/mol. The van der Waals surface area contributed by atoms with Crippen LogP contribution in [0.25, 0.3) is 0 Å². The van der Waals surface area contributed by atoms with Gasteiger partial charge in [-0.2, -0.15) is 0 Å². The Morgan fingerprint density at radius 2 is 2.53 bits per heavy atom. The van der Waals surface area contributed by atoms with Crippen LogP contribution in [-0.2, 0) is 17.8 Å². The van der Waals surface area contributed by atoms with Gasteiger partial charge in [-0.1, -0.05) is 0 Å². The van der Waals surface area contributed by atoms with Gasteiger partial charge in [-0.25, -0.2) is 0 Å². The van der Waals surface area contributed by atoms with E-state index in [9.17, 15) is 4.79 Å². The van der Waals surface area contributed by atoms with Gasteiger partial charge in [-0.05, 0) is 43.5 Å². The number of hydrogen-bond acceptors (Lipinski definition) is 4. The number of thiophene rings is 1. The molecule has 0 aromatic carbocycles. The average molecular weight is 280 g/mol. The smallest absolute Gasteiger partial charge is 0.261 e. The number of carbonyl (C=O) groups excluding carboxylic acids is 1. The van der Waals surface area contributed by atoms with Crippen LogP contribution in [0.5, 0.6) is 0 Å². The van der Waals surface area contributed by atoms with Gasteiger partial charge in [0.1, 0.15) is 0 Å². The highest BCUT2D eigenvalue weighted by Gasteiger charge is 2.19. The summed E-state index contributed by atoms with van der Waals surface area (Å²) in [6.45, 7) is 4.36. The number of rotatable bonds is 3. The monoisotopic (exact) mass is 280 g/mol. The van der Waals surface area contributed by atoms with E-state index in [0.29, 0.717) is 12.5 Å². The van der Waals surface area contributed by atoms with Crippen molar-refractivity contribution in [2.45, 2.75) is 25.9 Å². The van der Waals surface area contributed by atoms with E-state index in [0.717, 1.165) is 37.5 Å². The molecule has 2 N–H and O–H groups in total. The molecule has 1 unspecified atom stereocenters. The SMILES string of the molecule is O=C(NCC1CCCNC1)c1cc2c(s1)CCOC2. The van der Waals surface area contributed by atoms with Crippen molar-refractivity contribution in [2.75, 3.05) is 26.2 Å². The maximum Gasteiger partial charge on any atom is 0.261 e. The van der Waals surface area contributed by atoms with E-state index >= 15 is 0 Å². The lowest BCUT2D eigenvalue weighted by Crippen LogP contribution is -2.37. The van der Waals surface area contributed by atoms with Gasteiger partial charge in [0.15, 0.2) is 0 Å². The minimum Gasteiger partial charge on any atom is -0.376 e. The zero-order valence-electron chi connectivity index (χ0n) is 11.0. The van der Waals surface area contributed by atoms with Crippen molar-refractivity contribution in [1.82, 2.24) is 10.6 Å². The zero-order valence-corrected chi connectivity index (χ0v) is 11.9. The van der Waals surface area contributed by atoms with Crippen LogP contribution in [0.2, 0.25) is 0 Å². The largest absolute Gasteiger partial charge is 0.376 e. The fraction of sp³-hybridized carbons (Fsp3) is 0.643. The lowest BCUT2D eigenvalue weighted by atomic mass is 10.00. The topological polar surface area (TPSA) is 50.4 Å². The lowest BCUT2D eigenvalue weighted by molar-refractivity contribution is 0.0948. The highest BCUT2D eigenvalue weighted by atomic mass is 32.1. The first kappa shape index (κ1) is 13.1. The van der Waals surface area contributed by atoms with Crippen LogP contribution in [0.15, 0.2) is 6.07 Å². The predicted octanol–water partition coefficient (Wildman–Crippen LogP) is 1.55. The van der Waals surface area contributed by atoms with E-state index in [1.165, 1.54) is 23.3 Å². The highest BCUT2D eigenvalue weighted by Crippen LogP contribution is 2.26. The molecule has 1 atom stereocenters. The summed E-state index contributed by atoms with van der Waals surface area (Å²) in [6, 6.07) is 1.99. The Bertz CT molecular complexity index is 429. The van der Waals surface area contributed by atoms with Crippen molar-refractivity contribution < 1.29 is 9.53 Å². The quantitative estimate of drug-likeness (QED) is 0.883. The Balaban J connectivity index is 1.56. The van der Waals surface area contributed by atoms with Crippen molar-refractivity contribution in [3.8, 4) is 0 Å². The van der Waals surface area contributed by atoms with E-state index in [-0.39, 0.29) is 5.91 Å². The van der Waals surface area contributed by atoms with Crippen LogP contribution in [0.1, 0.15) is 33.0 Å². The number of hydrogen-bond donors (Lipinski definition) is 2. The summed E-state index contributed by atoms with van der Waals surface area (Å²) in [7, 11) is 0. The second-order valence-corrected chi connectivity index (χ2v) is 6.42. The van der Waals surface area contributed by atoms with Crippen molar-refractivity contribution >= 4 is 17.2 Å². The first-order chi connectivity index (χ1) is 9.33. The number of ether oxygens (including phenoxy) is 1. The summed E-state index contributed by atoms with van der Waals surface area (Å²) < 4.78 is 5.41. The first-order valence-electron chi connectivity index (χ1n) is 7.01. The van der Waals surface area contributed by atoms with Crippen molar-refractivity contribution in [2.24, 2.45) is 5.92 Å². The van der Waals surface area contributed by atoms with Crippen LogP contribution in [0, 0.1) is 5.92 Å². The molecule has 4 nitrogen and oxygen atoms in total. The van der Waals surface area contributed by atoms with Crippen LogP contribution < -0.4 is 10.6 Å². The van der Waals surface area contributed by atoms with Gasteiger partial charge in [-0.3, -0.25) is 4.79 Å². The normalized spacial score (nSPS) is 22.8. The molecule has 19 heavy (non-hydrogen) atoms. The fourth-order valence-corrected chi connectivity index (χ4v) is 3.75. The van der Waals surface area contributed by atoms with Crippen LogP contribution in [0.3, 0.4) is 0 Å². The highest BCUT2D eigenvalue weighted by molar-refractivity contribution is 7.14. The number of piperidine rings is 1. The van der Waals surface area contributed by atoms with E-state index in [1.807, 2.05) is 6.07 Å². The molecule has 3 rings (SSSR count). The molecular formula is C14H20N2O2S. The van der Waals surface area contributed by atoms with Gasteiger partial charge < -0.3 is 15.4 Å². The molecule has 3 heterocycles. The minimum atomic E-state index is 0.0740. The number of fused-ring (bicyclic) bond motifs is 1. The van der Waals surface area contributed by atoms with Crippen molar-refractivity contribution in [3.63, 3.8) is 0 Å². The van der Waals surface area contributed by atoms with Gasteiger partial charge in [0.2, 0.25) is 0 Å². The average Bonchev–Trinajstić information content (AvgIpc) is 2.90.